The Labute approximate surface area is 259 Å². The first-order valence-electron chi connectivity index (χ1n) is 13.9. The fraction of sp³-hybridized carbons (Fsp3) is 0.114. The summed E-state index contributed by atoms with van der Waals surface area (Å²) in [6.45, 7) is 3.37. The minimum Gasteiger partial charge on any atom is -0.321 e. The van der Waals surface area contributed by atoms with Gasteiger partial charge >= 0.3 is 0 Å². The molecule has 8 nitrogen and oxygen atoms in total. The molecule has 0 saturated carbocycles. The lowest BCUT2D eigenvalue weighted by atomic mass is 10.1. The summed E-state index contributed by atoms with van der Waals surface area (Å²) in [5.41, 5.74) is 3.56. The van der Waals surface area contributed by atoms with E-state index in [0.717, 1.165) is 16.0 Å². The van der Waals surface area contributed by atoms with Gasteiger partial charge in [-0.2, -0.15) is 0 Å². The van der Waals surface area contributed by atoms with Gasteiger partial charge in [-0.15, -0.1) is 11.8 Å². The zero-order chi connectivity index (χ0) is 31.2. The van der Waals surface area contributed by atoms with Gasteiger partial charge in [-0.05, 0) is 85.6 Å². The topological polar surface area (TPSA) is 113 Å². The Hall–Kier alpha value is -5.28. The Morgan fingerprint density at radius 3 is 2.25 bits per heavy atom. The summed E-state index contributed by atoms with van der Waals surface area (Å²) in [5, 5.41) is 4.94. The van der Waals surface area contributed by atoms with Crippen LogP contribution >= 0.6 is 11.8 Å². The molecule has 1 fully saturated rings. The Morgan fingerprint density at radius 1 is 0.841 bits per heavy atom. The molecule has 5 rings (SSSR count). The predicted molar refractivity (Wildman–Crippen MR) is 171 cm³/mol. The lowest BCUT2D eigenvalue weighted by molar-refractivity contribution is -0.121. The van der Waals surface area contributed by atoms with E-state index in [4.69, 9.17) is 0 Å². The van der Waals surface area contributed by atoms with Crippen LogP contribution in [0.4, 0.5) is 11.4 Å². The lowest BCUT2D eigenvalue weighted by Crippen LogP contribution is -2.31. The molecule has 1 heterocycles. The van der Waals surface area contributed by atoms with Gasteiger partial charge in [0.2, 0.25) is 11.8 Å². The largest absolute Gasteiger partial charge is 0.321 e. The van der Waals surface area contributed by atoms with Crippen molar-refractivity contribution in [2.45, 2.75) is 30.4 Å². The molecule has 1 unspecified atom stereocenters. The predicted octanol–water partition coefficient (Wildman–Crippen LogP) is 6.03. The van der Waals surface area contributed by atoms with E-state index in [9.17, 15) is 24.0 Å². The van der Waals surface area contributed by atoms with Gasteiger partial charge in [0.25, 0.3) is 11.8 Å². The number of thioether (sulfide) groups is 1. The number of hydrogen-bond acceptors (Lipinski definition) is 6. The Morgan fingerprint density at radius 2 is 1.55 bits per heavy atom. The standard InChI is InChI=1S/C35H29N3O5S/c1-22-9-6-7-12-26(22)19-30(37-33(41)25-10-4-3-5-11-25)34(42)36-27-13-8-14-29(20-27)44-31-21-32(40)38(35(31)43)28-17-15-24(16-18-28)23(2)39/h3-20,31H,21H2,1-2H3,(H,36,42)(H,37,41)/b30-19-. The highest BCUT2D eigenvalue weighted by molar-refractivity contribution is 8.00. The third-order valence-corrected chi connectivity index (χ3v) is 8.20. The van der Waals surface area contributed by atoms with E-state index < -0.39 is 17.1 Å². The molecule has 0 spiro atoms. The number of hydrogen-bond donors (Lipinski definition) is 2. The van der Waals surface area contributed by atoms with Gasteiger partial charge in [-0.1, -0.05) is 48.5 Å². The van der Waals surface area contributed by atoms with Crippen molar-refractivity contribution in [3.63, 3.8) is 0 Å². The summed E-state index contributed by atoms with van der Waals surface area (Å²) in [7, 11) is 0. The number of rotatable bonds is 9. The van der Waals surface area contributed by atoms with E-state index >= 15 is 0 Å². The number of imide groups is 1. The van der Waals surface area contributed by atoms with Crippen LogP contribution in [0.2, 0.25) is 0 Å². The first-order chi connectivity index (χ1) is 21.2. The third-order valence-electron chi connectivity index (χ3n) is 7.02. The molecule has 1 atom stereocenters. The van der Waals surface area contributed by atoms with E-state index in [-0.39, 0.29) is 29.7 Å². The number of carbonyl (C=O) groups is 5. The highest BCUT2D eigenvalue weighted by Crippen LogP contribution is 2.35. The van der Waals surface area contributed by atoms with Crippen LogP contribution in [-0.4, -0.2) is 34.7 Å². The first kappa shape index (κ1) is 30.2. The minimum atomic E-state index is -0.650. The van der Waals surface area contributed by atoms with Crippen molar-refractivity contribution in [2.24, 2.45) is 0 Å². The average molecular weight is 604 g/mol. The number of benzene rings is 4. The van der Waals surface area contributed by atoms with Gasteiger partial charge in [0.15, 0.2) is 5.78 Å². The molecule has 2 N–H and O–H groups in total. The summed E-state index contributed by atoms with van der Waals surface area (Å²) in [6.07, 6.45) is 1.65. The zero-order valence-electron chi connectivity index (χ0n) is 24.1. The number of nitrogens with zero attached hydrogens (tertiary/aromatic N) is 1. The zero-order valence-corrected chi connectivity index (χ0v) is 24.9. The molecular weight excluding hydrogens is 574 g/mol. The molecule has 1 aliphatic rings. The minimum absolute atomic E-state index is 0.0172. The molecule has 220 valence electrons. The Balaban J connectivity index is 1.32. The van der Waals surface area contributed by atoms with Crippen molar-refractivity contribution >= 4 is 58.6 Å². The van der Waals surface area contributed by atoms with E-state index in [2.05, 4.69) is 10.6 Å². The van der Waals surface area contributed by atoms with Crippen molar-refractivity contribution in [1.82, 2.24) is 5.32 Å². The number of nitrogens with one attached hydrogen (secondary N) is 2. The van der Waals surface area contributed by atoms with Gasteiger partial charge in [0.1, 0.15) is 5.70 Å². The van der Waals surface area contributed by atoms with Crippen LogP contribution in [0.1, 0.15) is 45.2 Å². The van der Waals surface area contributed by atoms with Crippen LogP contribution in [0.3, 0.4) is 0 Å². The number of carbonyl (C=O) groups excluding carboxylic acids is 5. The SMILES string of the molecule is CC(=O)c1ccc(N2C(=O)CC(Sc3cccc(NC(=O)/C(=C/c4ccccc4C)NC(=O)c4ccccc4)c3)C2=O)cc1. The van der Waals surface area contributed by atoms with Gasteiger partial charge < -0.3 is 10.6 Å². The fourth-order valence-electron chi connectivity index (χ4n) is 4.67. The highest BCUT2D eigenvalue weighted by atomic mass is 32.2. The second-order valence-corrected chi connectivity index (χ2v) is 11.5. The molecule has 0 aromatic heterocycles. The molecule has 9 heteroatoms. The molecule has 1 aliphatic heterocycles. The average Bonchev–Trinajstić information content (AvgIpc) is 3.30. The number of ketones is 1. The molecule has 4 aromatic rings. The molecule has 4 aromatic carbocycles. The molecule has 44 heavy (non-hydrogen) atoms. The first-order valence-corrected chi connectivity index (χ1v) is 14.8. The van der Waals surface area contributed by atoms with E-state index in [1.165, 1.54) is 18.7 Å². The number of aryl methyl sites for hydroxylation is 1. The third kappa shape index (κ3) is 7.02. The molecule has 0 radical (unpaired) electrons. The van der Waals surface area contributed by atoms with Gasteiger partial charge in [-0.25, -0.2) is 4.90 Å². The Kier molecular flexibility index (Phi) is 9.16. The monoisotopic (exact) mass is 603 g/mol. The maximum absolute atomic E-state index is 13.5. The second-order valence-electron chi connectivity index (χ2n) is 10.2. The summed E-state index contributed by atoms with van der Waals surface area (Å²) < 4.78 is 0. The van der Waals surface area contributed by atoms with Crippen LogP contribution in [0.25, 0.3) is 6.08 Å². The van der Waals surface area contributed by atoms with Gasteiger partial charge in [-0.3, -0.25) is 24.0 Å². The van der Waals surface area contributed by atoms with E-state index in [1.807, 2.05) is 31.2 Å². The lowest BCUT2D eigenvalue weighted by Gasteiger charge is -2.15. The van der Waals surface area contributed by atoms with Crippen LogP contribution in [0, 0.1) is 6.92 Å². The maximum atomic E-state index is 13.5. The van der Waals surface area contributed by atoms with Crippen molar-refractivity contribution in [2.75, 3.05) is 10.2 Å². The van der Waals surface area contributed by atoms with Gasteiger partial charge in [0.05, 0.1) is 10.9 Å². The fourth-order valence-corrected chi connectivity index (χ4v) is 5.78. The van der Waals surface area contributed by atoms with Crippen molar-refractivity contribution in [3.8, 4) is 0 Å². The summed E-state index contributed by atoms with van der Waals surface area (Å²) in [4.78, 5) is 65.9. The molecule has 0 bridgehead atoms. The summed E-state index contributed by atoms with van der Waals surface area (Å²) >= 11 is 1.23. The van der Waals surface area contributed by atoms with Crippen LogP contribution in [0.5, 0.6) is 0 Å². The maximum Gasteiger partial charge on any atom is 0.272 e. The second kappa shape index (κ2) is 13.4. The van der Waals surface area contributed by atoms with Crippen LogP contribution in [-0.2, 0) is 14.4 Å². The number of amides is 4. The number of Topliss-reactive ketones (excluding diaryl/α,β-unsaturated/α-hetero) is 1. The molecule has 0 aliphatic carbocycles. The van der Waals surface area contributed by atoms with Gasteiger partial charge in [0, 0.05) is 28.1 Å². The normalized spacial score (nSPS) is 14.8. The van der Waals surface area contributed by atoms with Crippen molar-refractivity contribution in [3.05, 3.63) is 131 Å². The Bertz CT molecular complexity index is 1780. The summed E-state index contributed by atoms with van der Waals surface area (Å²) in [6, 6.07) is 29.5. The molecule has 4 amide bonds. The summed E-state index contributed by atoms with van der Waals surface area (Å²) in [5.74, 6) is -1.72. The van der Waals surface area contributed by atoms with Crippen molar-refractivity contribution < 1.29 is 24.0 Å². The van der Waals surface area contributed by atoms with E-state index in [1.54, 1.807) is 84.9 Å². The molecule has 1 saturated heterocycles. The van der Waals surface area contributed by atoms with Crippen molar-refractivity contribution in [1.29, 1.82) is 0 Å². The quantitative estimate of drug-likeness (QED) is 0.137. The number of anilines is 2. The highest BCUT2D eigenvalue weighted by Gasteiger charge is 2.40. The van der Waals surface area contributed by atoms with Crippen LogP contribution in [0.15, 0.2) is 114 Å². The van der Waals surface area contributed by atoms with E-state index in [0.29, 0.717) is 27.4 Å². The smallest absolute Gasteiger partial charge is 0.272 e. The molecular formula is C35H29N3O5S. The van der Waals surface area contributed by atoms with Crippen LogP contribution < -0.4 is 15.5 Å².